The van der Waals surface area contributed by atoms with Crippen molar-refractivity contribution in [3.05, 3.63) is 46.2 Å². The minimum atomic E-state index is -3.19. The van der Waals surface area contributed by atoms with Gasteiger partial charge in [0.25, 0.3) is 0 Å². The van der Waals surface area contributed by atoms with E-state index < -0.39 is 9.84 Å². The van der Waals surface area contributed by atoms with Crippen LogP contribution >= 0.6 is 15.9 Å². The summed E-state index contributed by atoms with van der Waals surface area (Å²) >= 11 is 3.44. The lowest BCUT2D eigenvalue weighted by Gasteiger charge is -2.15. The smallest absolute Gasteiger partial charge is 0.175 e. The first kappa shape index (κ1) is 15.2. The molecule has 1 aromatic heterocycles. The molecule has 0 saturated carbocycles. The van der Waals surface area contributed by atoms with Crippen LogP contribution in [0.2, 0.25) is 0 Å². The van der Waals surface area contributed by atoms with Gasteiger partial charge in [0.1, 0.15) is 0 Å². The molecule has 0 aliphatic rings. The number of nitrogens with two attached hydrogens (primary N) is 1. The average molecular weight is 358 g/mol. The van der Waals surface area contributed by atoms with Gasteiger partial charge in [-0.25, -0.2) is 8.42 Å². The van der Waals surface area contributed by atoms with Crippen LogP contribution < -0.4 is 5.73 Å². The topological polar surface area (TPSA) is 78.0 Å². The minimum Gasteiger partial charge on any atom is -0.319 e. The van der Waals surface area contributed by atoms with Gasteiger partial charge in [-0.1, -0.05) is 12.1 Å². The largest absolute Gasteiger partial charge is 0.319 e. The Morgan fingerprint density at radius 2 is 1.95 bits per heavy atom. The molecule has 1 heterocycles. The number of sulfone groups is 1. The molecule has 2 rings (SSSR count). The second kappa shape index (κ2) is 5.67. The molecule has 5 nitrogen and oxygen atoms in total. The summed E-state index contributed by atoms with van der Waals surface area (Å²) < 4.78 is 25.6. The lowest BCUT2D eigenvalue weighted by molar-refractivity contribution is 0.598. The monoisotopic (exact) mass is 357 g/mol. The first-order valence-corrected chi connectivity index (χ1v) is 8.79. The maximum absolute atomic E-state index is 11.4. The fourth-order valence-corrected chi connectivity index (χ4v) is 3.19. The van der Waals surface area contributed by atoms with Gasteiger partial charge in [-0.15, -0.1) is 0 Å². The number of nitrogens with zero attached hydrogens (tertiary/aromatic N) is 2. The van der Waals surface area contributed by atoms with Gasteiger partial charge in [-0.3, -0.25) is 4.68 Å². The third-order valence-corrected chi connectivity index (χ3v) is 4.83. The van der Waals surface area contributed by atoms with E-state index in [1.54, 1.807) is 30.5 Å². The van der Waals surface area contributed by atoms with Crippen LogP contribution in [0.15, 0.2) is 39.8 Å². The van der Waals surface area contributed by atoms with Crippen molar-refractivity contribution in [1.82, 2.24) is 9.78 Å². The molecule has 2 N–H and O–H groups in total. The Morgan fingerprint density at radius 1 is 1.35 bits per heavy atom. The van der Waals surface area contributed by atoms with Crippen molar-refractivity contribution >= 4 is 25.8 Å². The highest BCUT2D eigenvalue weighted by Gasteiger charge is 2.18. The third kappa shape index (κ3) is 2.94. The first-order valence-electron chi connectivity index (χ1n) is 6.11. The van der Waals surface area contributed by atoms with Crippen LogP contribution in [0, 0.1) is 0 Å². The van der Waals surface area contributed by atoms with Crippen LogP contribution in [-0.4, -0.2) is 24.5 Å². The summed E-state index contributed by atoms with van der Waals surface area (Å²) in [4.78, 5) is 0.288. The Bertz CT molecular complexity index is 708. The van der Waals surface area contributed by atoms with E-state index in [4.69, 9.17) is 5.73 Å². The van der Waals surface area contributed by atoms with Gasteiger partial charge in [-0.2, -0.15) is 5.10 Å². The van der Waals surface area contributed by atoms with Crippen LogP contribution in [0.25, 0.3) is 0 Å². The van der Waals surface area contributed by atoms with Crippen molar-refractivity contribution in [3.63, 3.8) is 0 Å². The normalized spacial score (nSPS) is 13.4. The highest BCUT2D eigenvalue weighted by Crippen LogP contribution is 2.27. The molecule has 0 saturated heterocycles. The van der Waals surface area contributed by atoms with Gasteiger partial charge in [0.15, 0.2) is 9.84 Å². The summed E-state index contributed by atoms with van der Waals surface area (Å²) in [6.45, 7) is 2.71. The van der Waals surface area contributed by atoms with E-state index >= 15 is 0 Å². The standard InChI is InChI=1S/C13H16BrN3O2S/c1-3-17-13(11(14)8-16-17)12(15)9-4-6-10(7-5-9)20(2,18)19/h4-8,12H,3,15H2,1-2H3. The number of halogens is 1. The van der Waals surface area contributed by atoms with Crippen LogP contribution in [-0.2, 0) is 16.4 Å². The molecular weight excluding hydrogens is 342 g/mol. The molecule has 2 aromatic rings. The van der Waals surface area contributed by atoms with Crippen molar-refractivity contribution in [2.45, 2.75) is 24.4 Å². The molecule has 1 atom stereocenters. The highest BCUT2D eigenvalue weighted by atomic mass is 79.9. The Hall–Kier alpha value is -1.18. The van der Waals surface area contributed by atoms with Gasteiger partial charge in [0.2, 0.25) is 0 Å². The van der Waals surface area contributed by atoms with E-state index in [9.17, 15) is 8.42 Å². The van der Waals surface area contributed by atoms with Crippen molar-refractivity contribution in [2.75, 3.05) is 6.26 Å². The zero-order valence-electron chi connectivity index (χ0n) is 11.2. The predicted molar refractivity (Wildman–Crippen MR) is 81.2 cm³/mol. The minimum absolute atomic E-state index is 0.288. The first-order chi connectivity index (χ1) is 9.34. The third-order valence-electron chi connectivity index (χ3n) is 3.09. The van der Waals surface area contributed by atoms with Crippen molar-refractivity contribution in [2.24, 2.45) is 5.73 Å². The molecule has 0 fully saturated rings. The summed E-state index contributed by atoms with van der Waals surface area (Å²) in [7, 11) is -3.19. The maximum Gasteiger partial charge on any atom is 0.175 e. The fourth-order valence-electron chi connectivity index (χ4n) is 2.01. The van der Waals surface area contributed by atoms with Crippen molar-refractivity contribution in [1.29, 1.82) is 0 Å². The van der Waals surface area contributed by atoms with Crippen molar-refractivity contribution in [3.8, 4) is 0 Å². The van der Waals surface area contributed by atoms with Crippen LogP contribution in [0.1, 0.15) is 24.2 Å². The molecule has 20 heavy (non-hydrogen) atoms. The molecule has 0 spiro atoms. The Labute approximate surface area is 126 Å². The molecule has 108 valence electrons. The van der Waals surface area contributed by atoms with Crippen LogP contribution in [0.3, 0.4) is 0 Å². The number of hydrogen-bond donors (Lipinski definition) is 1. The van der Waals surface area contributed by atoms with Crippen LogP contribution in [0.4, 0.5) is 0 Å². The Morgan fingerprint density at radius 3 is 2.45 bits per heavy atom. The summed E-state index contributed by atoms with van der Waals surface area (Å²) in [5.74, 6) is 0. The van der Waals surface area contributed by atoms with E-state index in [0.717, 1.165) is 22.3 Å². The molecule has 1 unspecified atom stereocenters. The van der Waals surface area contributed by atoms with E-state index in [2.05, 4.69) is 21.0 Å². The highest BCUT2D eigenvalue weighted by molar-refractivity contribution is 9.10. The average Bonchev–Trinajstić information content (AvgIpc) is 2.78. The van der Waals surface area contributed by atoms with Crippen molar-refractivity contribution < 1.29 is 8.42 Å². The van der Waals surface area contributed by atoms with Gasteiger partial charge in [0, 0.05) is 12.8 Å². The summed E-state index contributed by atoms with van der Waals surface area (Å²) in [5.41, 5.74) is 7.97. The van der Waals surface area contributed by atoms with E-state index in [-0.39, 0.29) is 10.9 Å². The quantitative estimate of drug-likeness (QED) is 0.908. The molecule has 0 radical (unpaired) electrons. The van der Waals surface area contributed by atoms with Crippen LogP contribution in [0.5, 0.6) is 0 Å². The number of hydrogen-bond acceptors (Lipinski definition) is 4. The van der Waals surface area contributed by atoms with Gasteiger partial charge in [0.05, 0.1) is 27.3 Å². The fraction of sp³-hybridized carbons (Fsp3) is 0.308. The van der Waals surface area contributed by atoms with E-state index in [0.29, 0.717) is 0 Å². The second-order valence-electron chi connectivity index (χ2n) is 4.51. The molecule has 7 heteroatoms. The molecule has 0 amide bonds. The number of rotatable bonds is 4. The number of benzene rings is 1. The van der Waals surface area contributed by atoms with Gasteiger partial charge in [-0.05, 0) is 40.5 Å². The Kier molecular flexibility index (Phi) is 4.31. The predicted octanol–water partition coefficient (Wildman–Crippen LogP) is 2.12. The van der Waals surface area contributed by atoms with Gasteiger partial charge >= 0.3 is 0 Å². The van der Waals surface area contributed by atoms with Gasteiger partial charge < -0.3 is 5.73 Å². The summed E-state index contributed by atoms with van der Waals surface area (Å²) in [5, 5.41) is 4.23. The van der Waals surface area contributed by atoms with E-state index in [1.807, 2.05) is 11.6 Å². The molecule has 0 bridgehead atoms. The summed E-state index contributed by atoms with van der Waals surface area (Å²) in [6.07, 6.45) is 2.90. The second-order valence-corrected chi connectivity index (χ2v) is 7.38. The summed E-state index contributed by atoms with van der Waals surface area (Å²) in [6, 6.07) is 6.26. The zero-order valence-corrected chi connectivity index (χ0v) is 13.6. The molecule has 1 aromatic carbocycles. The molecular formula is C13H16BrN3O2S. The SMILES string of the molecule is CCn1ncc(Br)c1C(N)c1ccc(S(C)(=O)=O)cc1. The zero-order chi connectivity index (χ0) is 14.9. The Balaban J connectivity index is 2.39. The lowest BCUT2D eigenvalue weighted by Crippen LogP contribution is -2.17. The number of aromatic nitrogens is 2. The van der Waals surface area contributed by atoms with E-state index in [1.165, 1.54) is 6.26 Å². The maximum atomic E-state index is 11.4. The lowest BCUT2D eigenvalue weighted by atomic mass is 10.0. The molecule has 0 aliphatic carbocycles. The molecule has 0 aliphatic heterocycles. The number of aryl methyl sites for hydroxylation is 1.